The summed E-state index contributed by atoms with van der Waals surface area (Å²) in [4.78, 5) is 11.4. The van der Waals surface area contributed by atoms with Crippen LogP contribution in [-0.2, 0) is 0 Å². The van der Waals surface area contributed by atoms with Gasteiger partial charge in [0.1, 0.15) is 5.82 Å². The van der Waals surface area contributed by atoms with Crippen molar-refractivity contribution in [1.82, 2.24) is 0 Å². The molecule has 0 saturated heterocycles. The molecule has 1 aromatic carbocycles. The van der Waals surface area contributed by atoms with Crippen molar-refractivity contribution in [2.45, 2.75) is 30.4 Å². The number of thioether (sulfide) groups is 1. The Morgan fingerprint density at radius 2 is 1.94 bits per heavy atom. The number of hydrogen-bond donors (Lipinski definition) is 2. The Bertz CT molecular complexity index is 427. The molecule has 0 bridgehead atoms. The van der Waals surface area contributed by atoms with Gasteiger partial charge in [-0.05, 0) is 12.1 Å². The normalized spacial score (nSPS) is 11.5. The highest BCUT2D eigenvalue weighted by Gasteiger charge is 2.18. The quantitative estimate of drug-likeness (QED) is 0.618. The molecule has 0 atom stereocenters. The van der Waals surface area contributed by atoms with Crippen LogP contribution in [0.15, 0.2) is 17.0 Å². The number of rotatable bonds is 2. The van der Waals surface area contributed by atoms with Crippen molar-refractivity contribution in [2.75, 3.05) is 5.73 Å². The van der Waals surface area contributed by atoms with E-state index < -0.39 is 11.7 Å². The zero-order chi connectivity index (χ0) is 12.5. The molecular weight excluding hydrogens is 227 g/mol. The molecule has 0 aliphatic heterocycles. The molecular formula is C11H15FN2OS. The lowest BCUT2D eigenvalue weighted by atomic mass is 10.1. The Labute approximate surface area is 98.4 Å². The molecule has 0 saturated carbocycles. The van der Waals surface area contributed by atoms with Gasteiger partial charge in [0.2, 0.25) is 0 Å². The van der Waals surface area contributed by atoms with E-state index in [1.54, 1.807) is 0 Å². The van der Waals surface area contributed by atoms with E-state index in [0.717, 1.165) is 6.07 Å². The lowest BCUT2D eigenvalue weighted by Gasteiger charge is -2.18. The van der Waals surface area contributed by atoms with Gasteiger partial charge in [0.25, 0.3) is 5.91 Å². The van der Waals surface area contributed by atoms with E-state index in [1.807, 2.05) is 20.8 Å². The fourth-order valence-electron chi connectivity index (χ4n) is 1.19. The van der Waals surface area contributed by atoms with Crippen molar-refractivity contribution in [3.05, 3.63) is 23.5 Å². The SMILES string of the molecule is CC(C)(C)Sc1cc(C(N)=O)c(N)cc1F. The highest BCUT2D eigenvalue weighted by Crippen LogP contribution is 2.35. The summed E-state index contributed by atoms with van der Waals surface area (Å²) in [7, 11) is 0. The number of nitrogen functional groups attached to an aromatic ring is 1. The lowest BCUT2D eigenvalue weighted by Crippen LogP contribution is -2.15. The van der Waals surface area contributed by atoms with Crippen LogP contribution in [0.1, 0.15) is 31.1 Å². The fourth-order valence-corrected chi connectivity index (χ4v) is 2.18. The van der Waals surface area contributed by atoms with Gasteiger partial charge < -0.3 is 11.5 Å². The van der Waals surface area contributed by atoms with Gasteiger partial charge in [0.15, 0.2) is 0 Å². The Hall–Kier alpha value is -1.23. The predicted molar refractivity (Wildman–Crippen MR) is 64.9 cm³/mol. The molecule has 0 radical (unpaired) electrons. The monoisotopic (exact) mass is 242 g/mol. The van der Waals surface area contributed by atoms with Crippen LogP contribution in [0.4, 0.5) is 10.1 Å². The molecule has 4 N–H and O–H groups in total. The topological polar surface area (TPSA) is 69.1 Å². The number of anilines is 1. The zero-order valence-corrected chi connectivity index (χ0v) is 10.3. The van der Waals surface area contributed by atoms with Crippen molar-refractivity contribution in [3.8, 4) is 0 Å². The number of hydrogen-bond acceptors (Lipinski definition) is 3. The third kappa shape index (κ3) is 3.13. The van der Waals surface area contributed by atoms with Crippen molar-refractivity contribution >= 4 is 23.4 Å². The van der Waals surface area contributed by atoms with E-state index in [9.17, 15) is 9.18 Å². The highest BCUT2D eigenvalue weighted by molar-refractivity contribution is 8.00. The van der Waals surface area contributed by atoms with Crippen LogP contribution in [-0.4, -0.2) is 10.7 Å². The maximum absolute atomic E-state index is 13.6. The van der Waals surface area contributed by atoms with Crippen LogP contribution in [0.5, 0.6) is 0 Å². The minimum absolute atomic E-state index is 0.0725. The Morgan fingerprint density at radius 1 is 1.38 bits per heavy atom. The predicted octanol–water partition coefficient (Wildman–Crippen LogP) is 2.40. The number of halogens is 1. The smallest absolute Gasteiger partial charge is 0.250 e. The molecule has 0 fully saturated rings. The van der Waals surface area contributed by atoms with Crippen LogP contribution in [0.2, 0.25) is 0 Å². The molecule has 3 nitrogen and oxygen atoms in total. The minimum atomic E-state index is -0.645. The summed E-state index contributed by atoms with van der Waals surface area (Å²) < 4.78 is 13.4. The van der Waals surface area contributed by atoms with Crippen molar-refractivity contribution < 1.29 is 9.18 Å². The van der Waals surface area contributed by atoms with Gasteiger partial charge in [-0.25, -0.2) is 4.39 Å². The van der Waals surface area contributed by atoms with E-state index in [-0.39, 0.29) is 16.0 Å². The molecule has 0 aliphatic rings. The van der Waals surface area contributed by atoms with E-state index >= 15 is 0 Å². The summed E-state index contributed by atoms with van der Waals surface area (Å²) in [5.41, 5.74) is 10.9. The fraction of sp³-hybridized carbons (Fsp3) is 0.364. The molecule has 0 heterocycles. The van der Waals surface area contributed by atoms with Gasteiger partial charge in [-0.1, -0.05) is 20.8 Å². The summed E-state index contributed by atoms with van der Waals surface area (Å²) in [6, 6.07) is 2.54. The summed E-state index contributed by atoms with van der Waals surface area (Å²) >= 11 is 1.33. The van der Waals surface area contributed by atoms with E-state index in [0.29, 0.717) is 4.90 Å². The van der Waals surface area contributed by atoms with E-state index in [4.69, 9.17) is 11.5 Å². The van der Waals surface area contributed by atoms with Crippen molar-refractivity contribution in [2.24, 2.45) is 5.73 Å². The molecule has 0 aromatic heterocycles. The summed E-state index contributed by atoms with van der Waals surface area (Å²) in [5.74, 6) is -1.07. The summed E-state index contributed by atoms with van der Waals surface area (Å²) in [6.45, 7) is 5.87. The van der Waals surface area contributed by atoms with Crippen molar-refractivity contribution in [3.63, 3.8) is 0 Å². The maximum Gasteiger partial charge on any atom is 0.250 e. The van der Waals surface area contributed by atoms with Crippen LogP contribution >= 0.6 is 11.8 Å². The highest BCUT2D eigenvalue weighted by atomic mass is 32.2. The van der Waals surface area contributed by atoms with E-state index in [2.05, 4.69) is 0 Å². The second kappa shape index (κ2) is 4.33. The van der Waals surface area contributed by atoms with Gasteiger partial charge in [-0.15, -0.1) is 11.8 Å². The van der Waals surface area contributed by atoms with Gasteiger partial charge in [-0.2, -0.15) is 0 Å². The van der Waals surface area contributed by atoms with Gasteiger partial charge in [0.05, 0.1) is 5.56 Å². The molecule has 16 heavy (non-hydrogen) atoms. The Kier molecular flexibility index (Phi) is 3.48. The number of benzene rings is 1. The second-order valence-corrected chi connectivity index (χ2v) is 6.32. The second-order valence-electron chi connectivity index (χ2n) is 4.45. The maximum atomic E-state index is 13.6. The van der Waals surface area contributed by atoms with E-state index in [1.165, 1.54) is 17.8 Å². The van der Waals surface area contributed by atoms with Crippen LogP contribution in [0.3, 0.4) is 0 Å². The Balaban J connectivity index is 3.20. The van der Waals surface area contributed by atoms with Gasteiger partial charge in [-0.3, -0.25) is 4.79 Å². The number of carbonyl (C=O) groups excluding carboxylic acids is 1. The molecule has 0 spiro atoms. The number of amides is 1. The first-order valence-electron chi connectivity index (χ1n) is 4.78. The zero-order valence-electron chi connectivity index (χ0n) is 9.50. The molecule has 0 aliphatic carbocycles. The first-order chi connectivity index (χ1) is 7.20. The summed E-state index contributed by atoms with van der Waals surface area (Å²) in [6.07, 6.45) is 0. The van der Waals surface area contributed by atoms with Gasteiger partial charge in [0, 0.05) is 15.3 Å². The third-order valence-corrected chi connectivity index (χ3v) is 2.93. The third-order valence-electron chi connectivity index (χ3n) is 1.79. The van der Waals surface area contributed by atoms with Crippen LogP contribution in [0, 0.1) is 5.82 Å². The number of nitrogens with two attached hydrogens (primary N) is 2. The first-order valence-corrected chi connectivity index (χ1v) is 5.60. The lowest BCUT2D eigenvalue weighted by molar-refractivity contribution is 0.100. The van der Waals surface area contributed by atoms with Gasteiger partial charge >= 0.3 is 0 Å². The molecule has 0 unspecified atom stereocenters. The average Bonchev–Trinajstić information content (AvgIpc) is 2.07. The van der Waals surface area contributed by atoms with Crippen LogP contribution in [0.25, 0.3) is 0 Å². The molecule has 1 amide bonds. The van der Waals surface area contributed by atoms with Crippen LogP contribution < -0.4 is 11.5 Å². The standard InChI is InChI=1S/C11H15FN2OS/c1-11(2,3)16-9-4-6(10(14)15)8(13)5-7(9)12/h4-5H,13H2,1-3H3,(H2,14,15). The largest absolute Gasteiger partial charge is 0.398 e. The number of primary amides is 1. The summed E-state index contributed by atoms with van der Waals surface area (Å²) in [5, 5.41) is 0. The average molecular weight is 242 g/mol. The molecule has 1 aromatic rings. The first kappa shape index (κ1) is 12.8. The molecule has 88 valence electrons. The molecule has 5 heteroatoms. The Morgan fingerprint density at radius 3 is 2.38 bits per heavy atom. The minimum Gasteiger partial charge on any atom is -0.398 e. The van der Waals surface area contributed by atoms with Crippen molar-refractivity contribution in [1.29, 1.82) is 0 Å². The number of carbonyl (C=O) groups is 1. The molecule has 1 rings (SSSR count).